The molecule has 1 heterocycles. The Balaban J connectivity index is 1.39. The van der Waals surface area contributed by atoms with Gasteiger partial charge in [0, 0.05) is 31.4 Å². The summed E-state index contributed by atoms with van der Waals surface area (Å²) in [6, 6.07) is 17.7. The minimum atomic E-state index is -0.548. The summed E-state index contributed by atoms with van der Waals surface area (Å²) in [7, 11) is 3.30. The molecule has 8 heteroatoms. The molecule has 0 saturated heterocycles. The zero-order valence-electron chi connectivity index (χ0n) is 19.2. The van der Waals surface area contributed by atoms with Gasteiger partial charge in [0.25, 0.3) is 11.6 Å². The first-order chi connectivity index (χ1) is 16.5. The normalized spacial score (nSPS) is 13.1. The molecule has 0 saturated carbocycles. The van der Waals surface area contributed by atoms with Crippen molar-refractivity contribution in [2.75, 3.05) is 32.6 Å². The van der Waals surface area contributed by atoms with Gasteiger partial charge in [-0.2, -0.15) is 0 Å². The zero-order chi connectivity index (χ0) is 24.1. The van der Waals surface area contributed by atoms with Crippen LogP contribution in [0.4, 0.5) is 11.4 Å². The van der Waals surface area contributed by atoms with E-state index >= 15 is 0 Å². The molecule has 1 amide bonds. The van der Waals surface area contributed by atoms with Crippen LogP contribution in [0.5, 0.6) is 11.5 Å². The molecule has 1 aliphatic heterocycles. The highest BCUT2D eigenvalue weighted by Crippen LogP contribution is 2.33. The fourth-order valence-electron chi connectivity index (χ4n) is 4.25. The lowest BCUT2D eigenvalue weighted by Crippen LogP contribution is -2.32. The van der Waals surface area contributed by atoms with Crippen LogP contribution >= 0.6 is 0 Å². The highest BCUT2D eigenvalue weighted by molar-refractivity contribution is 6.07. The van der Waals surface area contributed by atoms with Gasteiger partial charge in [0.15, 0.2) is 11.5 Å². The fraction of sp³-hybridized carbons (Fsp3) is 0.269. The minimum absolute atomic E-state index is 0.0388. The van der Waals surface area contributed by atoms with E-state index in [0.717, 1.165) is 49.5 Å². The van der Waals surface area contributed by atoms with Crippen LogP contribution in [-0.2, 0) is 19.4 Å². The molecule has 3 aromatic rings. The van der Waals surface area contributed by atoms with Gasteiger partial charge in [-0.15, -0.1) is 0 Å². The lowest BCUT2D eigenvalue weighted by atomic mass is 9.98. The van der Waals surface area contributed by atoms with E-state index in [9.17, 15) is 14.9 Å². The van der Waals surface area contributed by atoms with Gasteiger partial charge >= 0.3 is 0 Å². The van der Waals surface area contributed by atoms with Crippen molar-refractivity contribution in [1.82, 2.24) is 4.90 Å². The molecule has 8 nitrogen and oxygen atoms in total. The minimum Gasteiger partial charge on any atom is -0.493 e. The van der Waals surface area contributed by atoms with Crippen molar-refractivity contribution in [3.8, 4) is 11.5 Å². The van der Waals surface area contributed by atoms with E-state index in [1.807, 2.05) is 18.2 Å². The molecule has 0 atom stereocenters. The maximum absolute atomic E-state index is 12.6. The molecule has 0 bridgehead atoms. The maximum atomic E-state index is 12.6. The van der Waals surface area contributed by atoms with Crippen LogP contribution in [0, 0.1) is 10.1 Å². The summed E-state index contributed by atoms with van der Waals surface area (Å²) < 4.78 is 10.9. The Bertz CT molecular complexity index is 1210. The van der Waals surface area contributed by atoms with E-state index < -0.39 is 10.8 Å². The van der Waals surface area contributed by atoms with E-state index in [2.05, 4.69) is 22.3 Å². The van der Waals surface area contributed by atoms with Gasteiger partial charge in [0.1, 0.15) is 5.56 Å². The third kappa shape index (κ3) is 5.18. The van der Waals surface area contributed by atoms with Gasteiger partial charge in [-0.3, -0.25) is 19.8 Å². The predicted molar refractivity (Wildman–Crippen MR) is 130 cm³/mol. The Labute approximate surface area is 198 Å². The summed E-state index contributed by atoms with van der Waals surface area (Å²) >= 11 is 0. The number of nitro benzene ring substituents is 1. The monoisotopic (exact) mass is 461 g/mol. The van der Waals surface area contributed by atoms with Gasteiger partial charge in [-0.1, -0.05) is 24.3 Å². The number of anilines is 1. The Morgan fingerprint density at radius 2 is 1.76 bits per heavy atom. The Morgan fingerprint density at radius 3 is 2.50 bits per heavy atom. The van der Waals surface area contributed by atoms with Crippen LogP contribution in [0.3, 0.4) is 0 Å². The molecule has 1 N–H and O–H groups in total. The Kier molecular flexibility index (Phi) is 7.08. The predicted octanol–water partition coefficient (Wildman–Crippen LogP) is 4.47. The van der Waals surface area contributed by atoms with Gasteiger partial charge in [-0.05, 0) is 59.9 Å². The van der Waals surface area contributed by atoms with Gasteiger partial charge in [0.05, 0.1) is 19.1 Å². The third-order valence-electron chi connectivity index (χ3n) is 6.04. The first-order valence-corrected chi connectivity index (χ1v) is 11.1. The summed E-state index contributed by atoms with van der Waals surface area (Å²) in [4.78, 5) is 25.7. The van der Waals surface area contributed by atoms with E-state index in [0.29, 0.717) is 5.69 Å². The average molecular weight is 462 g/mol. The molecule has 0 spiro atoms. The van der Waals surface area contributed by atoms with E-state index in [-0.39, 0.29) is 11.3 Å². The SMILES string of the molecule is COc1cc2c(cc1OC)CN(CCc1cccc(NC(=O)c3ccccc3[N+](=O)[O-])c1)CC2. The second kappa shape index (κ2) is 10.4. The van der Waals surface area contributed by atoms with Crippen molar-refractivity contribution < 1.29 is 19.2 Å². The molecule has 1 aliphatic rings. The molecule has 4 rings (SSSR count). The lowest BCUT2D eigenvalue weighted by Gasteiger charge is -2.29. The molecule has 0 fully saturated rings. The average Bonchev–Trinajstić information content (AvgIpc) is 2.86. The summed E-state index contributed by atoms with van der Waals surface area (Å²) in [6.45, 7) is 2.66. The number of carbonyl (C=O) groups is 1. The molecule has 0 unspecified atom stereocenters. The quantitative estimate of drug-likeness (QED) is 0.393. The Hall–Kier alpha value is -3.91. The number of methoxy groups -OCH3 is 2. The second-order valence-corrected chi connectivity index (χ2v) is 8.18. The highest BCUT2D eigenvalue weighted by Gasteiger charge is 2.20. The number of nitrogens with zero attached hydrogens (tertiary/aromatic N) is 2. The third-order valence-corrected chi connectivity index (χ3v) is 6.04. The molecule has 0 aromatic heterocycles. The van der Waals surface area contributed by atoms with Crippen LogP contribution in [-0.4, -0.2) is 43.0 Å². The van der Waals surface area contributed by atoms with Crippen molar-refractivity contribution in [2.45, 2.75) is 19.4 Å². The van der Waals surface area contributed by atoms with Crippen LogP contribution in [0.25, 0.3) is 0 Å². The number of hydrogen-bond acceptors (Lipinski definition) is 6. The molecular weight excluding hydrogens is 434 g/mol. The van der Waals surface area contributed by atoms with E-state index in [1.165, 1.54) is 23.3 Å². The number of amides is 1. The molecule has 34 heavy (non-hydrogen) atoms. The second-order valence-electron chi connectivity index (χ2n) is 8.18. The number of hydrogen-bond donors (Lipinski definition) is 1. The van der Waals surface area contributed by atoms with E-state index in [1.54, 1.807) is 32.4 Å². The summed E-state index contributed by atoms with van der Waals surface area (Å²) in [5.41, 5.74) is 4.05. The summed E-state index contributed by atoms with van der Waals surface area (Å²) in [6.07, 6.45) is 1.76. The van der Waals surface area contributed by atoms with Crippen LogP contribution in [0.15, 0.2) is 60.7 Å². The van der Waals surface area contributed by atoms with Crippen molar-refractivity contribution in [3.05, 3.63) is 93.0 Å². The maximum Gasteiger partial charge on any atom is 0.282 e. The molecule has 3 aromatic carbocycles. The van der Waals surface area contributed by atoms with Crippen LogP contribution < -0.4 is 14.8 Å². The van der Waals surface area contributed by atoms with Crippen LogP contribution in [0.1, 0.15) is 27.0 Å². The van der Waals surface area contributed by atoms with Gasteiger partial charge < -0.3 is 14.8 Å². The number of fused-ring (bicyclic) bond motifs is 1. The number of para-hydroxylation sites is 1. The smallest absolute Gasteiger partial charge is 0.282 e. The molecular formula is C26H27N3O5. The molecule has 176 valence electrons. The number of carbonyl (C=O) groups excluding carboxylic acids is 1. The number of benzene rings is 3. The van der Waals surface area contributed by atoms with Gasteiger partial charge in [0.2, 0.25) is 0 Å². The Morgan fingerprint density at radius 1 is 1.03 bits per heavy atom. The van der Waals surface area contributed by atoms with Crippen molar-refractivity contribution in [1.29, 1.82) is 0 Å². The first kappa shape index (κ1) is 23.3. The van der Waals surface area contributed by atoms with Crippen molar-refractivity contribution in [3.63, 3.8) is 0 Å². The molecule has 0 aliphatic carbocycles. The number of nitro groups is 1. The highest BCUT2D eigenvalue weighted by atomic mass is 16.6. The zero-order valence-corrected chi connectivity index (χ0v) is 19.2. The first-order valence-electron chi connectivity index (χ1n) is 11.1. The number of nitrogens with one attached hydrogen (secondary N) is 1. The van der Waals surface area contributed by atoms with Crippen molar-refractivity contribution >= 4 is 17.3 Å². The topological polar surface area (TPSA) is 93.9 Å². The number of rotatable bonds is 8. The fourth-order valence-corrected chi connectivity index (χ4v) is 4.25. The van der Waals surface area contributed by atoms with Gasteiger partial charge in [-0.25, -0.2) is 0 Å². The lowest BCUT2D eigenvalue weighted by molar-refractivity contribution is -0.385. The van der Waals surface area contributed by atoms with E-state index in [4.69, 9.17) is 9.47 Å². The number of ether oxygens (including phenoxy) is 2. The molecule has 0 radical (unpaired) electrons. The summed E-state index contributed by atoms with van der Waals surface area (Å²) in [5.74, 6) is 1.00. The summed E-state index contributed by atoms with van der Waals surface area (Å²) in [5, 5.41) is 14.0. The largest absolute Gasteiger partial charge is 0.493 e. The van der Waals surface area contributed by atoms with Crippen LogP contribution in [0.2, 0.25) is 0 Å². The van der Waals surface area contributed by atoms with Crippen molar-refractivity contribution in [2.24, 2.45) is 0 Å². The standard InChI is InChI=1S/C26H27N3O5/c1-33-24-15-19-11-13-28(17-20(19)16-25(24)34-2)12-10-18-6-5-7-21(14-18)27-26(30)22-8-3-4-9-23(22)29(31)32/h3-9,14-16H,10-13,17H2,1-2H3,(H,27,30).